The maximum atomic E-state index is 13.1. The number of fused-ring (bicyclic) bond motifs is 1. The first kappa shape index (κ1) is 24.7. The predicted octanol–water partition coefficient (Wildman–Crippen LogP) is 4.52. The number of carbonyl (C=O) groups is 2. The molecule has 0 spiro atoms. The number of benzene rings is 2. The maximum Gasteiger partial charge on any atom is 0.268 e. The normalized spacial score (nSPS) is 13.4. The Hall–Kier alpha value is -4.02. The molecule has 4 aromatic rings. The van der Waals surface area contributed by atoms with E-state index in [0.717, 1.165) is 16.1 Å². The second-order valence-electron chi connectivity index (χ2n) is 9.48. The number of aromatic nitrogens is 2. The summed E-state index contributed by atoms with van der Waals surface area (Å²) in [7, 11) is 1.71. The van der Waals surface area contributed by atoms with Gasteiger partial charge in [0, 0.05) is 24.7 Å². The Balaban J connectivity index is 1.45. The maximum absolute atomic E-state index is 13.1. The first-order valence-corrected chi connectivity index (χ1v) is 12.7. The van der Waals surface area contributed by atoms with E-state index in [9.17, 15) is 14.7 Å². The second kappa shape index (κ2) is 9.79. The Morgan fingerprint density at radius 1 is 1.16 bits per heavy atom. The van der Waals surface area contributed by atoms with Gasteiger partial charge in [-0.25, -0.2) is 4.98 Å². The molecule has 1 aliphatic rings. The first-order chi connectivity index (χ1) is 17.7. The van der Waals surface area contributed by atoms with E-state index in [1.165, 1.54) is 11.3 Å². The number of anilines is 2. The van der Waals surface area contributed by atoms with Crippen molar-refractivity contribution in [3.8, 4) is 0 Å². The molecule has 2 aromatic heterocycles. The lowest BCUT2D eigenvalue weighted by molar-refractivity contribution is 0.0630. The van der Waals surface area contributed by atoms with Gasteiger partial charge in [-0.05, 0) is 56.3 Å². The van der Waals surface area contributed by atoms with Crippen molar-refractivity contribution in [3.05, 3.63) is 76.0 Å². The molecule has 0 atom stereocenters. The number of rotatable bonds is 7. The van der Waals surface area contributed by atoms with Crippen LogP contribution < -0.4 is 10.2 Å². The van der Waals surface area contributed by atoms with Gasteiger partial charge in [-0.3, -0.25) is 14.9 Å². The largest absolute Gasteiger partial charge is 0.395 e. The quantitative estimate of drug-likeness (QED) is 0.375. The van der Waals surface area contributed by atoms with Crippen LogP contribution >= 0.6 is 11.3 Å². The average Bonchev–Trinajstić information content (AvgIpc) is 3.63. The third-order valence-corrected chi connectivity index (χ3v) is 7.07. The lowest BCUT2D eigenvalue weighted by atomic mass is 10.1. The molecule has 2 aromatic carbocycles. The van der Waals surface area contributed by atoms with Crippen molar-refractivity contribution in [2.75, 3.05) is 23.9 Å². The Morgan fingerprint density at radius 3 is 2.65 bits per heavy atom. The monoisotopic (exact) mass is 517 g/mol. The highest BCUT2D eigenvalue weighted by Gasteiger charge is 2.23. The van der Waals surface area contributed by atoms with Gasteiger partial charge in [0.2, 0.25) is 5.95 Å². The molecule has 10 heteroatoms. The number of hydrogen-bond acceptors (Lipinski definition) is 7. The highest BCUT2D eigenvalue weighted by molar-refractivity contribution is 7.16. The number of amides is 2. The zero-order valence-electron chi connectivity index (χ0n) is 20.8. The van der Waals surface area contributed by atoms with Gasteiger partial charge in [0.25, 0.3) is 11.8 Å². The highest BCUT2D eigenvalue weighted by Crippen LogP contribution is 2.28. The van der Waals surface area contributed by atoms with Crippen molar-refractivity contribution in [2.24, 2.45) is 5.16 Å². The minimum atomic E-state index is -1.05. The summed E-state index contributed by atoms with van der Waals surface area (Å²) in [5, 5.41) is 17.5. The molecule has 0 radical (unpaired) electrons. The lowest BCUT2D eigenvalue weighted by Crippen LogP contribution is -2.27. The summed E-state index contributed by atoms with van der Waals surface area (Å²) in [6, 6.07) is 18.1. The lowest BCUT2D eigenvalue weighted by Gasteiger charge is -2.20. The van der Waals surface area contributed by atoms with Crippen LogP contribution in [0.1, 0.15) is 45.2 Å². The molecule has 0 fully saturated rings. The molecular weight excluding hydrogens is 490 g/mol. The summed E-state index contributed by atoms with van der Waals surface area (Å²) in [5.74, 6) is -0.136. The van der Waals surface area contributed by atoms with Gasteiger partial charge in [-0.1, -0.05) is 23.4 Å². The van der Waals surface area contributed by atoms with E-state index >= 15 is 0 Å². The molecule has 190 valence electrons. The first-order valence-electron chi connectivity index (χ1n) is 11.9. The molecule has 1 aliphatic heterocycles. The minimum absolute atomic E-state index is 0.143. The van der Waals surface area contributed by atoms with Crippen LogP contribution in [0.4, 0.5) is 11.6 Å². The number of carbonyl (C=O) groups excluding carboxylic acids is 2. The van der Waals surface area contributed by atoms with Gasteiger partial charge in [0.05, 0.1) is 32.9 Å². The van der Waals surface area contributed by atoms with E-state index in [1.54, 1.807) is 54.6 Å². The van der Waals surface area contributed by atoms with E-state index < -0.39 is 5.60 Å². The molecule has 0 saturated heterocycles. The van der Waals surface area contributed by atoms with E-state index in [2.05, 4.69) is 15.5 Å². The molecule has 0 saturated carbocycles. The number of aliphatic hydroxyl groups is 1. The van der Waals surface area contributed by atoms with Crippen LogP contribution in [-0.4, -0.2) is 51.4 Å². The third-order valence-electron chi connectivity index (χ3n) is 5.93. The molecule has 0 aliphatic carbocycles. The van der Waals surface area contributed by atoms with Crippen LogP contribution in [0.2, 0.25) is 0 Å². The zero-order chi connectivity index (χ0) is 26.2. The molecule has 9 nitrogen and oxygen atoms in total. The molecule has 37 heavy (non-hydrogen) atoms. The van der Waals surface area contributed by atoms with Crippen molar-refractivity contribution in [1.82, 2.24) is 9.55 Å². The minimum Gasteiger partial charge on any atom is -0.395 e. The van der Waals surface area contributed by atoms with Gasteiger partial charge in [0.1, 0.15) is 12.3 Å². The van der Waals surface area contributed by atoms with Gasteiger partial charge >= 0.3 is 0 Å². The highest BCUT2D eigenvalue weighted by atomic mass is 32.1. The van der Waals surface area contributed by atoms with Crippen LogP contribution in [0, 0.1) is 0 Å². The van der Waals surface area contributed by atoms with E-state index in [4.69, 9.17) is 4.84 Å². The number of nitrogens with zero attached hydrogens (tertiary/aromatic N) is 4. The molecule has 3 heterocycles. The SMILES string of the molecule is CN(C(=O)c1ccccc1)c1ccc2c(c1)nc(NC(=O)c1ccc(C3=NOCC3)s1)n2CC(C)(C)O. The molecular formula is C27H27N5O4S. The van der Waals surface area contributed by atoms with Crippen molar-refractivity contribution in [3.63, 3.8) is 0 Å². The van der Waals surface area contributed by atoms with Crippen molar-refractivity contribution in [1.29, 1.82) is 0 Å². The van der Waals surface area contributed by atoms with Crippen LogP contribution in [0.15, 0.2) is 65.8 Å². The Labute approximate surface area is 218 Å². The standard InChI is InChI=1S/C27H27N5O4S/c1-27(2,35)16-32-21-10-9-18(31(3)25(34)17-7-5-4-6-8-17)15-20(21)28-26(32)29-24(33)23-12-11-22(37-23)19-13-14-36-30-19/h4-12,15,35H,13-14,16H2,1-3H3,(H,28,29,33). The van der Waals surface area contributed by atoms with Crippen molar-refractivity contribution < 1.29 is 19.5 Å². The number of thiophene rings is 1. The molecule has 0 bridgehead atoms. The molecule has 0 unspecified atom stereocenters. The van der Waals surface area contributed by atoms with Gasteiger partial charge < -0.3 is 19.4 Å². The number of nitrogens with one attached hydrogen (secondary N) is 1. The third kappa shape index (κ3) is 5.25. The van der Waals surface area contributed by atoms with Gasteiger partial charge in [0.15, 0.2) is 0 Å². The zero-order valence-corrected chi connectivity index (χ0v) is 21.6. The smallest absolute Gasteiger partial charge is 0.268 e. The topological polar surface area (TPSA) is 109 Å². The van der Waals surface area contributed by atoms with Crippen LogP contribution in [0.5, 0.6) is 0 Å². The van der Waals surface area contributed by atoms with Gasteiger partial charge in [-0.15, -0.1) is 11.3 Å². The van der Waals surface area contributed by atoms with E-state index in [-0.39, 0.29) is 18.4 Å². The Bertz CT molecular complexity index is 1500. The Kier molecular flexibility index (Phi) is 6.53. The van der Waals surface area contributed by atoms with Crippen LogP contribution in [-0.2, 0) is 11.4 Å². The molecule has 2 amide bonds. The van der Waals surface area contributed by atoms with Crippen molar-refractivity contribution >= 4 is 51.5 Å². The van der Waals surface area contributed by atoms with Crippen molar-refractivity contribution in [2.45, 2.75) is 32.4 Å². The van der Waals surface area contributed by atoms with Crippen LogP contribution in [0.25, 0.3) is 11.0 Å². The second-order valence-corrected chi connectivity index (χ2v) is 10.6. The van der Waals surface area contributed by atoms with Gasteiger partial charge in [-0.2, -0.15) is 0 Å². The molecule has 5 rings (SSSR count). The molecule has 2 N–H and O–H groups in total. The fourth-order valence-electron chi connectivity index (χ4n) is 4.12. The summed E-state index contributed by atoms with van der Waals surface area (Å²) < 4.78 is 1.78. The Morgan fingerprint density at radius 2 is 1.95 bits per heavy atom. The summed E-state index contributed by atoms with van der Waals surface area (Å²) in [6.45, 7) is 4.15. The fraction of sp³-hybridized carbons (Fsp3) is 0.259. The summed E-state index contributed by atoms with van der Waals surface area (Å²) in [4.78, 5) is 38.8. The van der Waals surface area contributed by atoms with E-state index in [0.29, 0.717) is 40.6 Å². The summed E-state index contributed by atoms with van der Waals surface area (Å²) in [6.07, 6.45) is 0.715. The average molecular weight is 518 g/mol. The summed E-state index contributed by atoms with van der Waals surface area (Å²) in [5.41, 5.74) is 2.34. The summed E-state index contributed by atoms with van der Waals surface area (Å²) >= 11 is 1.34. The number of oxime groups is 1. The van der Waals surface area contributed by atoms with E-state index in [1.807, 2.05) is 36.4 Å². The number of imidazole rings is 1. The predicted molar refractivity (Wildman–Crippen MR) is 145 cm³/mol. The fourth-order valence-corrected chi connectivity index (χ4v) is 5.03. The van der Waals surface area contributed by atoms with Crippen LogP contribution in [0.3, 0.4) is 0 Å². The number of hydrogen-bond donors (Lipinski definition) is 2.